The molecule has 2 aromatic carbocycles. The molecule has 0 saturated carbocycles. The van der Waals surface area contributed by atoms with Gasteiger partial charge >= 0.3 is 0 Å². The van der Waals surface area contributed by atoms with Crippen molar-refractivity contribution < 1.29 is 9.90 Å². The summed E-state index contributed by atoms with van der Waals surface area (Å²) >= 11 is 5.80. The molecule has 0 spiro atoms. The Bertz CT molecular complexity index is 808. The fraction of sp³-hybridized carbons (Fsp3) is 0.111. The number of amides is 1. The van der Waals surface area contributed by atoms with Gasteiger partial charge in [0.05, 0.1) is 5.69 Å². The summed E-state index contributed by atoms with van der Waals surface area (Å²) in [7, 11) is 0. The van der Waals surface area contributed by atoms with Crippen molar-refractivity contribution in [1.82, 2.24) is 5.32 Å². The van der Waals surface area contributed by atoms with Gasteiger partial charge in [-0.25, -0.2) is 0 Å². The lowest BCUT2D eigenvalue weighted by atomic mass is 10.2. The molecule has 3 N–H and O–H groups in total. The molecule has 6 heteroatoms. The molecule has 0 fully saturated rings. The van der Waals surface area contributed by atoms with Crippen molar-refractivity contribution >= 4 is 23.2 Å². The standard InChI is InChI=1S/C18H16ClN3O2/c1-12-2-7-16(17(23)8-12)21-11-14(9-20)18(24)22-10-13-3-5-15(19)6-4-13/h2-8,11,21,23H,10H2,1H3,(H,22,24)/b14-11-. The number of aromatic hydroxyl groups is 1. The number of rotatable bonds is 5. The van der Waals surface area contributed by atoms with Crippen LogP contribution in [0.2, 0.25) is 5.02 Å². The van der Waals surface area contributed by atoms with Crippen LogP contribution in [0.3, 0.4) is 0 Å². The molecule has 0 aliphatic carbocycles. The molecule has 0 aliphatic heterocycles. The highest BCUT2D eigenvalue weighted by Gasteiger charge is 2.09. The maximum atomic E-state index is 12.0. The maximum Gasteiger partial charge on any atom is 0.263 e. The predicted octanol–water partition coefficient (Wildman–Crippen LogP) is 3.49. The number of hydrogen-bond acceptors (Lipinski definition) is 4. The van der Waals surface area contributed by atoms with E-state index < -0.39 is 5.91 Å². The van der Waals surface area contributed by atoms with Crippen molar-refractivity contribution in [3.05, 3.63) is 70.4 Å². The largest absolute Gasteiger partial charge is 0.506 e. The van der Waals surface area contributed by atoms with Crippen LogP contribution in [0.15, 0.2) is 54.2 Å². The summed E-state index contributed by atoms with van der Waals surface area (Å²) in [4.78, 5) is 12.0. The molecular weight excluding hydrogens is 326 g/mol. The summed E-state index contributed by atoms with van der Waals surface area (Å²) in [5.41, 5.74) is 2.10. The van der Waals surface area contributed by atoms with Gasteiger partial charge in [0.1, 0.15) is 17.4 Å². The number of benzene rings is 2. The second kappa shape index (κ2) is 8.04. The van der Waals surface area contributed by atoms with Crippen molar-refractivity contribution in [3.8, 4) is 11.8 Å². The fourth-order valence-corrected chi connectivity index (χ4v) is 2.07. The van der Waals surface area contributed by atoms with Crippen molar-refractivity contribution in [3.63, 3.8) is 0 Å². The minimum absolute atomic E-state index is 0.0464. The van der Waals surface area contributed by atoms with E-state index in [1.807, 2.05) is 19.1 Å². The molecule has 0 saturated heterocycles. The molecule has 0 bridgehead atoms. The Kier molecular flexibility index (Phi) is 5.83. The fourth-order valence-electron chi connectivity index (χ4n) is 1.94. The van der Waals surface area contributed by atoms with Crippen LogP contribution in [0.4, 0.5) is 5.69 Å². The summed E-state index contributed by atoms with van der Waals surface area (Å²) in [6, 6.07) is 13.9. The van der Waals surface area contributed by atoms with Gasteiger partial charge in [-0.3, -0.25) is 4.79 Å². The molecule has 5 nitrogen and oxygen atoms in total. The predicted molar refractivity (Wildman–Crippen MR) is 93.5 cm³/mol. The topological polar surface area (TPSA) is 85.2 Å². The minimum Gasteiger partial charge on any atom is -0.506 e. The van der Waals surface area contributed by atoms with Crippen LogP contribution in [0.5, 0.6) is 5.75 Å². The number of hydrogen-bond donors (Lipinski definition) is 3. The van der Waals surface area contributed by atoms with Gasteiger partial charge in [-0.2, -0.15) is 5.26 Å². The Morgan fingerprint density at radius 3 is 2.62 bits per heavy atom. The van der Waals surface area contributed by atoms with Gasteiger partial charge < -0.3 is 15.7 Å². The third-order valence-corrected chi connectivity index (χ3v) is 3.51. The van der Waals surface area contributed by atoms with Gasteiger partial charge in [-0.1, -0.05) is 29.8 Å². The molecule has 0 heterocycles. The van der Waals surface area contributed by atoms with Gasteiger partial charge in [0.2, 0.25) is 0 Å². The van der Waals surface area contributed by atoms with E-state index in [9.17, 15) is 9.90 Å². The van der Waals surface area contributed by atoms with E-state index >= 15 is 0 Å². The van der Waals surface area contributed by atoms with Gasteiger partial charge in [-0.05, 0) is 42.3 Å². The third kappa shape index (κ3) is 4.77. The van der Waals surface area contributed by atoms with Crippen LogP contribution < -0.4 is 10.6 Å². The number of carbonyl (C=O) groups excluding carboxylic acids is 1. The summed E-state index contributed by atoms with van der Waals surface area (Å²) in [6.45, 7) is 2.13. The number of aryl methyl sites for hydroxylation is 1. The van der Waals surface area contributed by atoms with Crippen LogP contribution in [0, 0.1) is 18.3 Å². The summed E-state index contributed by atoms with van der Waals surface area (Å²) in [5.74, 6) is -0.461. The van der Waals surface area contributed by atoms with E-state index in [4.69, 9.17) is 16.9 Å². The number of nitriles is 1. The Morgan fingerprint density at radius 2 is 2.00 bits per heavy atom. The van der Waals surface area contributed by atoms with Gasteiger partial charge in [-0.15, -0.1) is 0 Å². The van der Waals surface area contributed by atoms with E-state index in [-0.39, 0.29) is 17.9 Å². The summed E-state index contributed by atoms with van der Waals surface area (Å²) < 4.78 is 0. The maximum absolute atomic E-state index is 12.0. The molecule has 2 rings (SSSR count). The molecular formula is C18H16ClN3O2. The quantitative estimate of drug-likeness (QED) is 0.441. The monoisotopic (exact) mass is 341 g/mol. The lowest BCUT2D eigenvalue weighted by Crippen LogP contribution is -2.24. The first-order chi connectivity index (χ1) is 11.5. The molecule has 24 heavy (non-hydrogen) atoms. The lowest BCUT2D eigenvalue weighted by Gasteiger charge is -2.07. The zero-order chi connectivity index (χ0) is 17.5. The molecule has 0 unspecified atom stereocenters. The van der Waals surface area contributed by atoms with Crippen LogP contribution >= 0.6 is 11.6 Å². The van der Waals surface area contributed by atoms with E-state index in [1.54, 1.807) is 36.4 Å². The molecule has 0 atom stereocenters. The summed E-state index contributed by atoms with van der Waals surface area (Å²) in [6.07, 6.45) is 1.27. The number of halogens is 1. The smallest absolute Gasteiger partial charge is 0.263 e. The first kappa shape index (κ1) is 17.4. The average Bonchev–Trinajstić information content (AvgIpc) is 2.56. The number of phenols is 1. The zero-order valence-electron chi connectivity index (χ0n) is 13.0. The molecule has 0 aromatic heterocycles. The summed E-state index contributed by atoms with van der Waals surface area (Å²) in [5, 5.41) is 25.0. The van der Waals surface area contributed by atoms with Crippen molar-refractivity contribution in [1.29, 1.82) is 5.26 Å². The van der Waals surface area contributed by atoms with Gasteiger partial charge in [0.25, 0.3) is 5.91 Å². The Morgan fingerprint density at radius 1 is 1.29 bits per heavy atom. The van der Waals surface area contributed by atoms with E-state index in [1.165, 1.54) is 6.20 Å². The number of phenolic OH excluding ortho intramolecular Hbond substituents is 1. The van der Waals surface area contributed by atoms with Crippen LogP contribution in [-0.4, -0.2) is 11.0 Å². The van der Waals surface area contributed by atoms with Gasteiger partial charge in [0, 0.05) is 17.8 Å². The molecule has 0 aliphatic rings. The Labute approximate surface area is 145 Å². The second-order valence-electron chi connectivity index (χ2n) is 5.14. The zero-order valence-corrected chi connectivity index (χ0v) is 13.8. The number of anilines is 1. The van der Waals surface area contributed by atoms with Gasteiger partial charge in [0.15, 0.2) is 0 Å². The van der Waals surface area contributed by atoms with Crippen LogP contribution in [0.1, 0.15) is 11.1 Å². The van der Waals surface area contributed by atoms with Crippen molar-refractivity contribution in [2.24, 2.45) is 0 Å². The Hall–Kier alpha value is -2.97. The Balaban J connectivity index is 2.00. The molecule has 122 valence electrons. The second-order valence-corrected chi connectivity index (χ2v) is 5.58. The molecule has 1 amide bonds. The van der Waals surface area contributed by atoms with E-state index in [0.717, 1.165) is 11.1 Å². The normalized spacial score (nSPS) is 10.8. The van der Waals surface area contributed by atoms with Crippen molar-refractivity contribution in [2.75, 3.05) is 5.32 Å². The van der Waals surface area contributed by atoms with Crippen LogP contribution in [-0.2, 0) is 11.3 Å². The molecule has 0 radical (unpaired) electrons. The highest BCUT2D eigenvalue weighted by Crippen LogP contribution is 2.23. The SMILES string of the molecule is Cc1ccc(N/C=C(/C#N)C(=O)NCc2ccc(Cl)cc2)c(O)c1. The number of nitrogens with zero attached hydrogens (tertiary/aromatic N) is 1. The third-order valence-electron chi connectivity index (χ3n) is 3.26. The first-order valence-corrected chi connectivity index (χ1v) is 7.56. The highest BCUT2D eigenvalue weighted by molar-refractivity contribution is 6.30. The van der Waals surface area contributed by atoms with E-state index in [2.05, 4.69) is 10.6 Å². The number of nitrogens with one attached hydrogen (secondary N) is 2. The molecule has 2 aromatic rings. The minimum atomic E-state index is -0.508. The first-order valence-electron chi connectivity index (χ1n) is 7.18. The van der Waals surface area contributed by atoms with E-state index in [0.29, 0.717) is 10.7 Å². The van der Waals surface area contributed by atoms with Crippen LogP contribution in [0.25, 0.3) is 0 Å². The van der Waals surface area contributed by atoms with Crippen molar-refractivity contribution in [2.45, 2.75) is 13.5 Å². The number of carbonyl (C=O) groups is 1. The average molecular weight is 342 g/mol. The lowest BCUT2D eigenvalue weighted by molar-refractivity contribution is -0.117. The highest BCUT2D eigenvalue weighted by atomic mass is 35.5.